The number of aromatic nitrogens is 2. The first kappa shape index (κ1) is 20.2. The SMILES string of the molecule is C=N/C=C(\C=NC)c1ccc2c(c1)c(C(C)=O)nn2CC(=O)OC(C)(C)C. The number of rotatable bonds is 6. The van der Waals surface area contributed by atoms with Crippen molar-refractivity contribution in [3.8, 4) is 0 Å². The van der Waals surface area contributed by atoms with E-state index in [1.54, 1.807) is 40.2 Å². The van der Waals surface area contributed by atoms with Crippen LogP contribution in [0.15, 0.2) is 34.4 Å². The summed E-state index contributed by atoms with van der Waals surface area (Å²) in [7, 11) is 1.66. The molecule has 0 N–H and O–H groups in total. The molecule has 2 rings (SSSR count). The Kier molecular flexibility index (Phi) is 6.05. The zero-order chi connectivity index (χ0) is 20.2. The lowest BCUT2D eigenvalue weighted by atomic mass is 10.0. The highest BCUT2D eigenvalue weighted by Crippen LogP contribution is 2.24. The fourth-order valence-electron chi connectivity index (χ4n) is 2.66. The van der Waals surface area contributed by atoms with Crippen LogP contribution in [-0.4, -0.2) is 47.1 Å². The number of benzene rings is 1. The molecular formula is C20H24N4O3. The number of allylic oxidation sites excluding steroid dienone is 1. The fraction of sp³-hybridized carbons (Fsp3) is 0.350. The molecule has 0 bridgehead atoms. The molecule has 0 aliphatic rings. The maximum absolute atomic E-state index is 12.2. The van der Waals surface area contributed by atoms with E-state index >= 15 is 0 Å². The van der Waals surface area contributed by atoms with Crippen molar-refractivity contribution in [2.45, 2.75) is 39.8 Å². The molecule has 0 atom stereocenters. The standard InChI is InChI=1S/C20H24N4O3/c1-13(25)19-16-9-14(15(10-21-5)11-22-6)7-8-17(16)24(23-19)12-18(26)27-20(2,3)4/h7-11H,5,12H2,1-4,6H3/b15-10+,22-11?. The third-order valence-electron chi connectivity index (χ3n) is 3.61. The molecule has 0 fully saturated rings. The Hall–Kier alpha value is -3.09. The van der Waals surface area contributed by atoms with E-state index in [-0.39, 0.29) is 12.3 Å². The van der Waals surface area contributed by atoms with E-state index in [1.807, 2.05) is 18.2 Å². The second-order valence-electron chi connectivity index (χ2n) is 7.04. The van der Waals surface area contributed by atoms with Crippen molar-refractivity contribution < 1.29 is 14.3 Å². The van der Waals surface area contributed by atoms with Gasteiger partial charge in [0.05, 0.1) is 5.52 Å². The molecule has 7 nitrogen and oxygen atoms in total. The highest BCUT2D eigenvalue weighted by Gasteiger charge is 2.20. The Bertz CT molecular complexity index is 946. The van der Waals surface area contributed by atoms with Crippen LogP contribution in [0, 0.1) is 0 Å². The van der Waals surface area contributed by atoms with Crippen LogP contribution in [0.2, 0.25) is 0 Å². The zero-order valence-electron chi connectivity index (χ0n) is 16.3. The third kappa shape index (κ3) is 4.97. The minimum absolute atomic E-state index is 0.0757. The molecule has 1 aromatic carbocycles. The van der Waals surface area contributed by atoms with Gasteiger partial charge in [-0.15, -0.1) is 0 Å². The van der Waals surface area contributed by atoms with Crippen molar-refractivity contribution in [2.24, 2.45) is 9.98 Å². The number of esters is 1. The molecule has 1 heterocycles. The van der Waals surface area contributed by atoms with Crippen molar-refractivity contribution in [2.75, 3.05) is 7.05 Å². The Labute approximate surface area is 158 Å². The van der Waals surface area contributed by atoms with Crippen molar-refractivity contribution in [3.05, 3.63) is 35.7 Å². The number of hydrogen-bond donors (Lipinski definition) is 0. The number of ether oxygens (including phenoxy) is 1. The molecule has 142 valence electrons. The highest BCUT2D eigenvalue weighted by atomic mass is 16.6. The van der Waals surface area contributed by atoms with Crippen LogP contribution in [0.4, 0.5) is 0 Å². The van der Waals surface area contributed by atoms with Gasteiger partial charge in [0, 0.05) is 37.3 Å². The first-order valence-corrected chi connectivity index (χ1v) is 8.48. The van der Waals surface area contributed by atoms with Crippen molar-refractivity contribution >= 4 is 41.2 Å². The molecule has 0 amide bonds. The largest absolute Gasteiger partial charge is 0.459 e. The van der Waals surface area contributed by atoms with Gasteiger partial charge < -0.3 is 4.74 Å². The summed E-state index contributed by atoms with van der Waals surface area (Å²) >= 11 is 0. The summed E-state index contributed by atoms with van der Waals surface area (Å²) in [6.07, 6.45) is 3.25. The van der Waals surface area contributed by atoms with Gasteiger partial charge in [0.15, 0.2) is 5.78 Å². The topological polar surface area (TPSA) is 85.9 Å². The normalized spacial score (nSPS) is 12.6. The van der Waals surface area contributed by atoms with Crippen LogP contribution >= 0.6 is 0 Å². The Morgan fingerprint density at radius 1 is 1.33 bits per heavy atom. The maximum atomic E-state index is 12.2. The first-order valence-electron chi connectivity index (χ1n) is 8.48. The molecule has 0 unspecified atom stereocenters. The van der Waals surface area contributed by atoms with Crippen molar-refractivity contribution in [3.63, 3.8) is 0 Å². The fourth-order valence-corrected chi connectivity index (χ4v) is 2.66. The number of ketones is 1. The predicted molar refractivity (Wildman–Crippen MR) is 108 cm³/mol. The molecule has 0 spiro atoms. The molecule has 0 radical (unpaired) electrons. The second kappa shape index (κ2) is 8.07. The van der Waals surface area contributed by atoms with Gasteiger partial charge in [0.2, 0.25) is 0 Å². The Morgan fingerprint density at radius 2 is 2.04 bits per heavy atom. The Morgan fingerprint density at radius 3 is 2.59 bits per heavy atom. The van der Waals surface area contributed by atoms with E-state index in [9.17, 15) is 9.59 Å². The first-order chi connectivity index (χ1) is 12.7. The van der Waals surface area contributed by atoms with Crippen LogP contribution < -0.4 is 0 Å². The summed E-state index contributed by atoms with van der Waals surface area (Å²) < 4.78 is 6.85. The second-order valence-corrected chi connectivity index (χ2v) is 7.04. The number of aliphatic imine (C=N–C) groups is 2. The number of carbonyl (C=O) groups excluding carboxylic acids is 2. The summed E-state index contributed by atoms with van der Waals surface area (Å²) in [5.41, 5.74) is 1.96. The maximum Gasteiger partial charge on any atom is 0.328 e. The molecule has 0 aliphatic carbocycles. The monoisotopic (exact) mass is 368 g/mol. The summed E-state index contributed by atoms with van der Waals surface area (Å²) in [4.78, 5) is 32.1. The third-order valence-corrected chi connectivity index (χ3v) is 3.61. The molecule has 27 heavy (non-hydrogen) atoms. The summed E-state index contributed by atoms with van der Waals surface area (Å²) in [5.74, 6) is -0.600. The average Bonchev–Trinajstić information content (AvgIpc) is 2.91. The molecule has 0 aliphatic heterocycles. The molecule has 1 aromatic heterocycles. The molecule has 7 heteroatoms. The number of carbonyl (C=O) groups is 2. The van der Waals surface area contributed by atoms with E-state index in [0.717, 1.165) is 11.1 Å². The lowest BCUT2D eigenvalue weighted by molar-refractivity contribution is -0.155. The number of nitrogens with zero attached hydrogens (tertiary/aromatic N) is 4. The van der Waals surface area contributed by atoms with Crippen LogP contribution in [0.3, 0.4) is 0 Å². The minimum atomic E-state index is -0.590. The summed E-state index contributed by atoms with van der Waals surface area (Å²) in [5, 5.41) is 4.98. The van der Waals surface area contributed by atoms with Crippen LogP contribution in [0.5, 0.6) is 0 Å². The number of fused-ring (bicyclic) bond motifs is 1. The average molecular weight is 368 g/mol. The van der Waals surface area contributed by atoms with Gasteiger partial charge in [-0.2, -0.15) is 5.10 Å². The smallest absolute Gasteiger partial charge is 0.328 e. The quantitative estimate of drug-likeness (QED) is 0.445. The lowest BCUT2D eigenvalue weighted by Crippen LogP contribution is -2.26. The molecular weight excluding hydrogens is 344 g/mol. The Balaban J connectivity index is 2.53. The van der Waals surface area contributed by atoms with Gasteiger partial charge in [-0.25, -0.2) is 0 Å². The van der Waals surface area contributed by atoms with E-state index in [2.05, 4.69) is 21.8 Å². The minimum Gasteiger partial charge on any atom is -0.459 e. The van der Waals surface area contributed by atoms with E-state index in [0.29, 0.717) is 16.6 Å². The number of Topliss-reactive ketones (excluding diaryl/α,β-unsaturated/α-hetero) is 1. The van der Waals surface area contributed by atoms with Gasteiger partial charge in [-0.05, 0) is 45.2 Å². The van der Waals surface area contributed by atoms with E-state index in [4.69, 9.17) is 4.74 Å². The summed E-state index contributed by atoms with van der Waals surface area (Å²) in [6.45, 7) is 10.2. The highest BCUT2D eigenvalue weighted by molar-refractivity contribution is 6.12. The van der Waals surface area contributed by atoms with Gasteiger partial charge in [0.25, 0.3) is 0 Å². The van der Waals surface area contributed by atoms with Gasteiger partial charge in [-0.1, -0.05) is 6.07 Å². The van der Waals surface area contributed by atoms with Crippen LogP contribution in [-0.2, 0) is 16.1 Å². The van der Waals surface area contributed by atoms with Crippen molar-refractivity contribution in [1.29, 1.82) is 0 Å². The van der Waals surface area contributed by atoms with Gasteiger partial charge in [-0.3, -0.25) is 24.3 Å². The van der Waals surface area contributed by atoms with Gasteiger partial charge in [0.1, 0.15) is 17.8 Å². The zero-order valence-corrected chi connectivity index (χ0v) is 16.3. The predicted octanol–water partition coefficient (Wildman–Crippen LogP) is 3.32. The molecule has 2 aromatic rings. The van der Waals surface area contributed by atoms with Crippen molar-refractivity contribution in [1.82, 2.24) is 9.78 Å². The van der Waals surface area contributed by atoms with Gasteiger partial charge >= 0.3 is 5.97 Å². The summed E-state index contributed by atoms with van der Waals surface area (Å²) in [6, 6.07) is 5.51. The van der Waals surface area contributed by atoms with E-state index in [1.165, 1.54) is 11.6 Å². The van der Waals surface area contributed by atoms with Crippen LogP contribution in [0.1, 0.15) is 43.7 Å². The van der Waals surface area contributed by atoms with Crippen LogP contribution in [0.25, 0.3) is 16.5 Å². The van der Waals surface area contributed by atoms with E-state index < -0.39 is 11.6 Å². The lowest BCUT2D eigenvalue weighted by Gasteiger charge is -2.19. The number of hydrogen-bond acceptors (Lipinski definition) is 6. The molecule has 0 saturated heterocycles. The molecule has 0 saturated carbocycles.